The lowest BCUT2D eigenvalue weighted by atomic mass is 10.1. The van der Waals surface area contributed by atoms with Crippen molar-refractivity contribution in [1.82, 2.24) is 0 Å². The highest BCUT2D eigenvalue weighted by molar-refractivity contribution is 7.92. The number of hydrogen-bond acceptors (Lipinski definition) is 4. The summed E-state index contributed by atoms with van der Waals surface area (Å²) in [5.74, 6) is 0.221. The molecule has 0 atom stereocenters. The molecule has 0 aromatic heterocycles. The second-order valence-corrected chi connectivity index (χ2v) is 11.1. The Labute approximate surface area is 228 Å². The molecule has 196 valence electrons. The highest BCUT2D eigenvalue weighted by atomic mass is 35.5. The van der Waals surface area contributed by atoms with Gasteiger partial charge in [0.05, 0.1) is 17.2 Å². The van der Waals surface area contributed by atoms with Gasteiger partial charge in [-0.2, -0.15) is 0 Å². The van der Waals surface area contributed by atoms with E-state index in [0.29, 0.717) is 28.8 Å². The van der Waals surface area contributed by atoms with E-state index in [1.807, 2.05) is 45.0 Å². The van der Waals surface area contributed by atoms with Gasteiger partial charge in [-0.25, -0.2) is 8.42 Å². The summed E-state index contributed by atoms with van der Waals surface area (Å²) in [6.45, 7) is 5.79. The predicted molar refractivity (Wildman–Crippen MR) is 154 cm³/mol. The molecule has 4 rings (SSSR count). The van der Waals surface area contributed by atoms with Crippen LogP contribution in [0.15, 0.2) is 95.9 Å². The first kappa shape index (κ1) is 27.2. The van der Waals surface area contributed by atoms with E-state index in [1.165, 1.54) is 10.4 Å². The summed E-state index contributed by atoms with van der Waals surface area (Å²) in [6, 6.07) is 26.2. The van der Waals surface area contributed by atoms with Gasteiger partial charge in [0.15, 0.2) is 0 Å². The number of anilines is 2. The van der Waals surface area contributed by atoms with Gasteiger partial charge in [0.25, 0.3) is 10.0 Å². The Morgan fingerprint density at radius 3 is 2.26 bits per heavy atom. The number of sulfonamides is 1. The van der Waals surface area contributed by atoms with Crippen molar-refractivity contribution in [3.05, 3.63) is 107 Å². The number of carbonyl (C=O) groups is 1. The molecule has 0 saturated heterocycles. The van der Waals surface area contributed by atoms with E-state index in [4.69, 9.17) is 16.3 Å². The molecule has 4 aromatic rings. The summed E-state index contributed by atoms with van der Waals surface area (Å²) in [4.78, 5) is 13.2. The zero-order valence-electron chi connectivity index (χ0n) is 21.4. The molecule has 0 heterocycles. The maximum absolute atomic E-state index is 14.0. The van der Waals surface area contributed by atoms with Crippen molar-refractivity contribution in [3.63, 3.8) is 0 Å². The summed E-state index contributed by atoms with van der Waals surface area (Å²) in [5, 5.41) is 3.39. The lowest BCUT2D eigenvalue weighted by Gasteiger charge is -2.26. The molecule has 0 fully saturated rings. The summed E-state index contributed by atoms with van der Waals surface area (Å²) >= 11 is 6.02. The number of benzene rings is 4. The molecule has 0 aliphatic carbocycles. The predicted octanol–water partition coefficient (Wildman–Crippen LogP) is 6.86. The molecular weight excluding hydrogens is 520 g/mol. The Balaban J connectivity index is 1.69. The zero-order chi connectivity index (χ0) is 27.3. The number of carbonyl (C=O) groups excluding carboxylic acids is 1. The van der Waals surface area contributed by atoms with E-state index in [1.54, 1.807) is 60.7 Å². The van der Waals surface area contributed by atoms with E-state index in [0.717, 1.165) is 22.3 Å². The standard InChI is InChI=1S/C30H29ClN2O4S/c1-4-37-27-17-15-26(16-18-27)32-30(34)20-33(29-10-5-7-21(2)22(29)3)38(35,36)28-9-6-8-24(19-28)23-11-13-25(31)14-12-23/h5-19H,4,20H2,1-3H3,(H,32,34). The SMILES string of the molecule is CCOc1ccc(NC(=O)CN(c2cccc(C)c2C)S(=O)(=O)c2cccc(-c3ccc(Cl)cc3)c2)cc1. The minimum atomic E-state index is -4.11. The minimum Gasteiger partial charge on any atom is -0.494 e. The molecule has 0 saturated carbocycles. The van der Waals surface area contributed by atoms with Crippen LogP contribution in [0.3, 0.4) is 0 Å². The van der Waals surface area contributed by atoms with Gasteiger partial charge in [0, 0.05) is 10.7 Å². The van der Waals surface area contributed by atoms with Gasteiger partial charge < -0.3 is 10.1 Å². The van der Waals surface area contributed by atoms with Crippen LogP contribution in [0.25, 0.3) is 11.1 Å². The third-order valence-corrected chi connectivity index (χ3v) is 8.19. The van der Waals surface area contributed by atoms with Crippen molar-refractivity contribution in [2.45, 2.75) is 25.7 Å². The van der Waals surface area contributed by atoms with Crippen LogP contribution in [0, 0.1) is 13.8 Å². The second kappa shape index (κ2) is 11.7. The Morgan fingerprint density at radius 2 is 1.58 bits per heavy atom. The fourth-order valence-electron chi connectivity index (χ4n) is 4.04. The van der Waals surface area contributed by atoms with E-state index in [-0.39, 0.29) is 4.90 Å². The van der Waals surface area contributed by atoms with Gasteiger partial charge in [-0.1, -0.05) is 48.0 Å². The molecule has 0 unspecified atom stereocenters. The minimum absolute atomic E-state index is 0.0831. The van der Waals surface area contributed by atoms with Crippen molar-refractivity contribution in [3.8, 4) is 16.9 Å². The molecule has 4 aromatic carbocycles. The molecule has 6 nitrogen and oxygen atoms in total. The Bertz CT molecular complexity index is 1540. The summed E-state index contributed by atoms with van der Waals surface area (Å²) < 4.78 is 34.7. The molecule has 0 aliphatic heterocycles. The van der Waals surface area contributed by atoms with Gasteiger partial charge >= 0.3 is 0 Å². The van der Waals surface area contributed by atoms with Gasteiger partial charge in [0.1, 0.15) is 12.3 Å². The molecule has 8 heteroatoms. The summed E-state index contributed by atoms with van der Waals surface area (Å²) in [6.07, 6.45) is 0. The van der Waals surface area contributed by atoms with Crippen LogP contribution in [0.5, 0.6) is 5.75 Å². The van der Waals surface area contributed by atoms with Crippen LogP contribution in [-0.4, -0.2) is 27.5 Å². The van der Waals surface area contributed by atoms with Gasteiger partial charge in [-0.05, 0) is 97.6 Å². The third-order valence-electron chi connectivity index (χ3n) is 6.18. The van der Waals surface area contributed by atoms with Crippen molar-refractivity contribution in [1.29, 1.82) is 0 Å². The molecular formula is C30H29ClN2O4S. The van der Waals surface area contributed by atoms with Crippen molar-refractivity contribution in [2.24, 2.45) is 0 Å². The Kier molecular flexibility index (Phi) is 8.39. The van der Waals surface area contributed by atoms with Crippen molar-refractivity contribution < 1.29 is 17.9 Å². The molecule has 0 aliphatic rings. The molecule has 0 spiro atoms. The zero-order valence-corrected chi connectivity index (χ0v) is 23.0. The summed E-state index contributed by atoms with van der Waals surface area (Å²) in [7, 11) is -4.11. The van der Waals surface area contributed by atoms with E-state index in [2.05, 4.69) is 5.32 Å². The second-order valence-electron chi connectivity index (χ2n) is 8.77. The van der Waals surface area contributed by atoms with Crippen LogP contribution in [-0.2, 0) is 14.8 Å². The number of nitrogens with zero attached hydrogens (tertiary/aromatic N) is 1. The Hall–Kier alpha value is -3.81. The van der Waals surface area contributed by atoms with Crippen LogP contribution in [0.4, 0.5) is 11.4 Å². The largest absolute Gasteiger partial charge is 0.494 e. The fourth-order valence-corrected chi connectivity index (χ4v) is 5.69. The topological polar surface area (TPSA) is 75.7 Å². The quantitative estimate of drug-likeness (QED) is 0.248. The molecule has 38 heavy (non-hydrogen) atoms. The average Bonchev–Trinajstić information content (AvgIpc) is 2.91. The van der Waals surface area contributed by atoms with Gasteiger partial charge in [-0.3, -0.25) is 9.10 Å². The summed E-state index contributed by atoms with van der Waals surface area (Å²) in [5.41, 5.74) is 4.24. The van der Waals surface area contributed by atoms with Crippen LogP contribution in [0.1, 0.15) is 18.1 Å². The molecule has 1 N–H and O–H groups in total. The van der Waals surface area contributed by atoms with Crippen molar-refractivity contribution in [2.75, 3.05) is 22.8 Å². The number of rotatable bonds is 9. The molecule has 1 amide bonds. The number of hydrogen-bond donors (Lipinski definition) is 1. The average molecular weight is 549 g/mol. The van der Waals surface area contributed by atoms with Gasteiger partial charge in [-0.15, -0.1) is 0 Å². The molecule has 0 radical (unpaired) electrons. The third kappa shape index (κ3) is 6.18. The van der Waals surface area contributed by atoms with E-state index < -0.39 is 22.5 Å². The first-order chi connectivity index (χ1) is 18.2. The number of aryl methyl sites for hydroxylation is 1. The van der Waals surface area contributed by atoms with Crippen LogP contribution >= 0.6 is 11.6 Å². The normalized spacial score (nSPS) is 11.2. The fraction of sp³-hybridized carbons (Fsp3) is 0.167. The highest BCUT2D eigenvalue weighted by Crippen LogP contribution is 2.31. The van der Waals surface area contributed by atoms with Gasteiger partial charge in [0.2, 0.25) is 5.91 Å². The maximum Gasteiger partial charge on any atom is 0.264 e. The first-order valence-corrected chi connectivity index (χ1v) is 14.0. The Morgan fingerprint density at radius 1 is 0.895 bits per heavy atom. The van der Waals surface area contributed by atoms with Crippen molar-refractivity contribution >= 4 is 38.9 Å². The number of nitrogens with one attached hydrogen (secondary N) is 1. The van der Waals surface area contributed by atoms with Crippen LogP contribution in [0.2, 0.25) is 5.02 Å². The number of amides is 1. The number of ether oxygens (including phenoxy) is 1. The van der Waals surface area contributed by atoms with E-state index in [9.17, 15) is 13.2 Å². The van der Waals surface area contributed by atoms with Crippen LogP contribution < -0.4 is 14.4 Å². The molecule has 0 bridgehead atoms. The highest BCUT2D eigenvalue weighted by Gasteiger charge is 2.29. The lowest BCUT2D eigenvalue weighted by molar-refractivity contribution is -0.114. The first-order valence-electron chi connectivity index (χ1n) is 12.2. The van der Waals surface area contributed by atoms with E-state index >= 15 is 0 Å². The smallest absolute Gasteiger partial charge is 0.264 e. The monoisotopic (exact) mass is 548 g/mol. The number of halogens is 1. The maximum atomic E-state index is 14.0. The lowest BCUT2D eigenvalue weighted by Crippen LogP contribution is -2.38.